The van der Waals surface area contributed by atoms with Gasteiger partial charge >= 0.3 is 0 Å². The molecular formula is C16H29IN4O2. The zero-order chi connectivity index (χ0) is 16.0. The Morgan fingerprint density at radius 2 is 2.09 bits per heavy atom. The molecule has 1 aromatic rings. The van der Waals surface area contributed by atoms with Crippen molar-refractivity contribution in [1.29, 1.82) is 0 Å². The number of aromatic nitrogens is 1. The molecule has 0 aliphatic carbocycles. The first kappa shape index (κ1) is 21.9. The van der Waals surface area contributed by atoms with E-state index in [1.54, 1.807) is 23.8 Å². The predicted octanol–water partition coefficient (Wildman–Crippen LogP) is 1.84. The van der Waals surface area contributed by atoms with E-state index in [0.717, 1.165) is 58.0 Å². The van der Waals surface area contributed by atoms with Gasteiger partial charge in [-0.1, -0.05) is 6.07 Å². The van der Waals surface area contributed by atoms with Gasteiger partial charge in [-0.15, -0.1) is 24.0 Å². The highest BCUT2D eigenvalue weighted by Crippen LogP contribution is 1.92. The number of halogens is 1. The predicted molar refractivity (Wildman–Crippen MR) is 106 cm³/mol. The molecule has 132 valence electrons. The number of aryl methyl sites for hydroxylation is 1. The molecule has 0 unspecified atom stereocenters. The van der Waals surface area contributed by atoms with Gasteiger partial charge in [0.2, 0.25) is 5.56 Å². The fourth-order valence-corrected chi connectivity index (χ4v) is 2.00. The van der Waals surface area contributed by atoms with E-state index in [-0.39, 0.29) is 29.5 Å². The van der Waals surface area contributed by atoms with Crippen LogP contribution in [0, 0.1) is 0 Å². The second kappa shape index (κ2) is 14.5. The first-order chi connectivity index (χ1) is 10.8. The van der Waals surface area contributed by atoms with E-state index >= 15 is 0 Å². The third-order valence-electron chi connectivity index (χ3n) is 3.14. The molecule has 6 nitrogen and oxygen atoms in total. The smallest absolute Gasteiger partial charge is 0.250 e. The Kier molecular flexibility index (Phi) is 13.8. The number of methoxy groups -OCH3 is 1. The molecular weight excluding hydrogens is 407 g/mol. The third-order valence-corrected chi connectivity index (χ3v) is 3.14. The molecule has 1 aromatic heterocycles. The fourth-order valence-electron chi connectivity index (χ4n) is 2.00. The van der Waals surface area contributed by atoms with Crippen molar-refractivity contribution < 1.29 is 4.74 Å². The third kappa shape index (κ3) is 10.3. The van der Waals surface area contributed by atoms with Crippen molar-refractivity contribution in [2.75, 3.05) is 33.4 Å². The van der Waals surface area contributed by atoms with Gasteiger partial charge in [-0.25, -0.2) is 0 Å². The molecule has 0 aliphatic rings. The lowest BCUT2D eigenvalue weighted by molar-refractivity contribution is 0.197. The van der Waals surface area contributed by atoms with Gasteiger partial charge in [0.1, 0.15) is 0 Å². The quantitative estimate of drug-likeness (QED) is 0.254. The maximum atomic E-state index is 11.6. The number of hydrogen-bond donors (Lipinski definition) is 2. The molecule has 0 spiro atoms. The minimum absolute atomic E-state index is 0. The van der Waals surface area contributed by atoms with Crippen molar-refractivity contribution in [1.82, 2.24) is 15.2 Å². The molecule has 0 atom stereocenters. The maximum Gasteiger partial charge on any atom is 0.250 e. The number of nitrogens with one attached hydrogen (secondary N) is 2. The van der Waals surface area contributed by atoms with Gasteiger partial charge in [-0.05, 0) is 32.3 Å². The van der Waals surface area contributed by atoms with E-state index in [4.69, 9.17) is 4.74 Å². The highest BCUT2D eigenvalue weighted by Gasteiger charge is 1.97. The summed E-state index contributed by atoms with van der Waals surface area (Å²) in [6.07, 6.45) is 4.70. The van der Waals surface area contributed by atoms with Crippen LogP contribution >= 0.6 is 24.0 Å². The Morgan fingerprint density at radius 1 is 1.26 bits per heavy atom. The van der Waals surface area contributed by atoms with Crippen molar-refractivity contribution in [3.05, 3.63) is 34.7 Å². The summed E-state index contributed by atoms with van der Waals surface area (Å²) in [7, 11) is 1.70. The molecule has 0 saturated carbocycles. The fraction of sp³-hybridized carbons (Fsp3) is 0.625. The van der Waals surface area contributed by atoms with Crippen LogP contribution in [0.4, 0.5) is 0 Å². The van der Waals surface area contributed by atoms with Gasteiger partial charge in [0.25, 0.3) is 0 Å². The van der Waals surface area contributed by atoms with E-state index < -0.39 is 0 Å². The van der Waals surface area contributed by atoms with E-state index in [2.05, 4.69) is 15.6 Å². The van der Waals surface area contributed by atoms with Crippen LogP contribution < -0.4 is 16.2 Å². The van der Waals surface area contributed by atoms with Crippen molar-refractivity contribution in [2.24, 2.45) is 4.99 Å². The molecule has 2 N–H and O–H groups in total. The van der Waals surface area contributed by atoms with Crippen LogP contribution in [0.1, 0.15) is 26.2 Å². The lowest BCUT2D eigenvalue weighted by Gasteiger charge is -2.11. The molecule has 0 saturated heterocycles. The Morgan fingerprint density at radius 3 is 2.78 bits per heavy atom. The Bertz CT molecular complexity index is 491. The van der Waals surface area contributed by atoms with Crippen LogP contribution in [-0.2, 0) is 11.3 Å². The summed E-state index contributed by atoms with van der Waals surface area (Å²) >= 11 is 0. The molecule has 0 aliphatic heterocycles. The normalized spacial score (nSPS) is 11.0. The number of pyridine rings is 1. The summed E-state index contributed by atoms with van der Waals surface area (Å²) in [5.74, 6) is 0.843. The Hall–Kier alpha value is -1.09. The molecule has 0 aromatic carbocycles. The maximum absolute atomic E-state index is 11.6. The zero-order valence-electron chi connectivity index (χ0n) is 14.1. The number of rotatable bonds is 10. The molecule has 0 fully saturated rings. The SMILES string of the molecule is CCNC(=NCCCOC)NCCCCn1ccccc1=O.I. The lowest BCUT2D eigenvalue weighted by Crippen LogP contribution is -2.38. The van der Waals surface area contributed by atoms with Crippen molar-refractivity contribution in [3.63, 3.8) is 0 Å². The van der Waals surface area contributed by atoms with Crippen LogP contribution in [-0.4, -0.2) is 43.9 Å². The first-order valence-corrected chi connectivity index (χ1v) is 7.94. The van der Waals surface area contributed by atoms with Crippen LogP contribution in [0.25, 0.3) is 0 Å². The zero-order valence-corrected chi connectivity index (χ0v) is 16.4. The highest BCUT2D eigenvalue weighted by atomic mass is 127. The van der Waals surface area contributed by atoms with Crippen LogP contribution in [0.3, 0.4) is 0 Å². The number of nitrogens with zero attached hydrogens (tertiary/aromatic N) is 2. The molecule has 7 heteroatoms. The molecule has 0 radical (unpaired) electrons. The summed E-state index contributed by atoms with van der Waals surface area (Å²) in [6.45, 7) is 5.97. The van der Waals surface area contributed by atoms with E-state index in [9.17, 15) is 4.79 Å². The molecule has 0 bridgehead atoms. The van der Waals surface area contributed by atoms with Gasteiger partial charge < -0.3 is 19.9 Å². The van der Waals surface area contributed by atoms with Gasteiger partial charge in [-0.2, -0.15) is 0 Å². The van der Waals surface area contributed by atoms with Crippen molar-refractivity contribution >= 4 is 29.9 Å². The number of ether oxygens (including phenoxy) is 1. The van der Waals surface area contributed by atoms with E-state index in [0.29, 0.717) is 0 Å². The highest BCUT2D eigenvalue weighted by molar-refractivity contribution is 14.0. The number of unbranched alkanes of at least 4 members (excludes halogenated alkanes) is 1. The molecule has 0 amide bonds. The second-order valence-corrected chi connectivity index (χ2v) is 4.97. The van der Waals surface area contributed by atoms with Crippen LogP contribution in [0.15, 0.2) is 34.2 Å². The van der Waals surface area contributed by atoms with Crippen LogP contribution in [0.5, 0.6) is 0 Å². The van der Waals surface area contributed by atoms with E-state index in [1.807, 2.05) is 19.2 Å². The minimum atomic E-state index is 0. The molecule has 1 heterocycles. The van der Waals surface area contributed by atoms with Crippen LogP contribution in [0.2, 0.25) is 0 Å². The second-order valence-electron chi connectivity index (χ2n) is 4.97. The summed E-state index contributed by atoms with van der Waals surface area (Å²) in [5, 5.41) is 6.53. The first-order valence-electron chi connectivity index (χ1n) is 7.94. The Labute approximate surface area is 155 Å². The summed E-state index contributed by atoms with van der Waals surface area (Å²) in [4.78, 5) is 16.0. The average molecular weight is 436 g/mol. The number of hydrogen-bond acceptors (Lipinski definition) is 3. The minimum Gasteiger partial charge on any atom is -0.385 e. The summed E-state index contributed by atoms with van der Waals surface area (Å²) in [5.41, 5.74) is 0.0588. The average Bonchev–Trinajstić information content (AvgIpc) is 2.52. The van der Waals surface area contributed by atoms with Gasteiger partial charge in [0.15, 0.2) is 5.96 Å². The number of aliphatic imine (C=N–C) groups is 1. The molecule has 1 rings (SSSR count). The monoisotopic (exact) mass is 436 g/mol. The Balaban J connectivity index is 0.00000484. The summed E-state index contributed by atoms with van der Waals surface area (Å²) in [6, 6.07) is 5.24. The van der Waals surface area contributed by atoms with Gasteiger partial charge in [0, 0.05) is 52.2 Å². The number of guanidine groups is 1. The summed E-state index contributed by atoms with van der Waals surface area (Å²) < 4.78 is 6.75. The van der Waals surface area contributed by atoms with Crippen molar-refractivity contribution in [3.8, 4) is 0 Å². The van der Waals surface area contributed by atoms with Gasteiger partial charge in [-0.3, -0.25) is 9.79 Å². The molecule has 23 heavy (non-hydrogen) atoms. The largest absolute Gasteiger partial charge is 0.385 e. The standard InChI is InChI=1S/C16H28N4O2.HI/c1-3-17-16(19-11-8-14-22-2)18-10-5-7-13-20-12-6-4-9-15(20)21;/h4,6,9,12H,3,5,7-8,10-11,13-14H2,1-2H3,(H2,17,18,19);1H. The topological polar surface area (TPSA) is 67.7 Å². The van der Waals surface area contributed by atoms with Gasteiger partial charge in [0.05, 0.1) is 0 Å². The lowest BCUT2D eigenvalue weighted by atomic mass is 10.3. The van der Waals surface area contributed by atoms with Crippen molar-refractivity contribution in [2.45, 2.75) is 32.7 Å². The van der Waals surface area contributed by atoms with E-state index in [1.165, 1.54) is 0 Å².